The molecule has 0 unspecified atom stereocenters. The predicted molar refractivity (Wildman–Crippen MR) is 100 cm³/mol. The van der Waals surface area contributed by atoms with E-state index in [1.807, 2.05) is 63.3 Å². The standard InChI is InChI=1S/C19H22N4O2/c1-13-7-5-9-15-16(13)19(24)25-18(21-15)14-8-6-10-20-17(14)23(4)12-11-22(2)3/h5-10H,11-12H2,1-4H3. The lowest BCUT2D eigenvalue weighted by molar-refractivity contribution is 0.416. The third kappa shape index (κ3) is 3.53. The van der Waals surface area contributed by atoms with Gasteiger partial charge in [-0.25, -0.2) is 14.8 Å². The van der Waals surface area contributed by atoms with E-state index < -0.39 is 0 Å². The van der Waals surface area contributed by atoms with Crippen LogP contribution in [0.2, 0.25) is 0 Å². The van der Waals surface area contributed by atoms with Crippen LogP contribution < -0.4 is 10.5 Å². The smallest absolute Gasteiger partial charge is 0.347 e. The Balaban J connectivity index is 2.08. The van der Waals surface area contributed by atoms with E-state index in [-0.39, 0.29) is 5.63 Å². The summed E-state index contributed by atoms with van der Waals surface area (Å²) in [4.78, 5) is 25.6. The molecular weight excluding hydrogens is 316 g/mol. The number of likely N-dealkylation sites (N-methyl/N-ethyl adjacent to an activating group) is 2. The van der Waals surface area contributed by atoms with Crippen LogP contribution in [0.4, 0.5) is 5.82 Å². The Bertz CT molecular complexity index is 950. The highest BCUT2D eigenvalue weighted by Crippen LogP contribution is 2.27. The second-order valence-electron chi connectivity index (χ2n) is 6.37. The number of anilines is 1. The molecule has 3 rings (SSSR count). The van der Waals surface area contributed by atoms with E-state index in [0.29, 0.717) is 22.4 Å². The van der Waals surface area contributed by atoms with Gasteiger partial charge in [-0.15, -0.1) is 0 Å². The minimum atomic E-state index is -0.371. The molecule has 6 nitrogen and oxygen atoms in total. The number of aryl methyl sites for hydroxylation is 1. The SMILES string of the molecule is Cc1cccc2nc(-c3cccnc3N(C)CCN(C)C)oc(=O)c12. The number of pyridine rings is 1. The molecule has 0 fully saturated rings. The zero-order valence-electron chi connectivity index (χ0n) is 15.0. The Morgan fingerprint density at radius 3 is 2.64 bits per heavy atom. The van der Waals surface area contributed by atoms with Crippen LogP contribution in [-0.2, 0) is 0 Å². The molecule has 0 amide bonds. The number of benzene rings is 1. The zero-order valence-corrected chi connectivity index (χ0v) is 15.0. The number of rotatable bonds is 5. The summed E-state index contributed by atoms with van der Waals surface area (Å²) in [5.41, 5.74) is 1.84. The van der Waals surface area contributed by atoms with E-state index in [1.165, 1.54) is 0 Å². The highest BCUT2D eigenvalue weighted by atomic mass is 16.4. The molecule has 130 valence electrons. The summed E-state index contributed by atoms with van der Waals surface area (Å²) in [5.74, 6) is 1.04. The maximum absolute atomic E-state index is 12.4. The molecule has 6 heteroatoms. The molecule has 0 aliphatic carbocycles. The Kier molecular flexibility index (Phi) is 4.81. The van der Waals surface area contributed by atoms with Crippen LogP contribution in [0.1, 0.15) is 5.56 Å². The minimum absolute atomic E-state index is 0.294. The largest absolute Gasteiger partial charge is 0.403 e. The van der Waals surface area contributed by atoms with Gasteiger partial charge < -0.3 is 14.2 Å². The second-order valence-corrected chi connectivity index (χ2v) is 6.37. The van der Waals surface area contributed by atoms with E-state index in [9.17, 15) is 4.79 Å². The highest BCUT2D eigenvalue weighted by molar-refractivity contribution is 5.82. The van der Waals surface area contributed by atoms with Crippen molar-refractivity contribution in [3.63, 3.8) is 0 Å². The minimum Gasteiger partial charge on any atom is -0.403 e. The summed E-state index contributed by atoms with van der Waals surface area (Å²) in [6.45, 7) is 3.57. The zero-order chi connectivity index (χ0) is 18.0. The molecule has 0 atom stereocenters. The fourth-order valence-electron chi connectivity index (χ4n) is 2.72. The molecule has 3 aromatic rings. The Morgan fingerprint density at radius 2 is 1.88 bits per heavy atom. The van der Waals surface area contributed by atoms with E-state index in [2.05, 4.69) is 14.9 Å². The lowest BCUT2D eigenvalue weighted by Gasteiger charge is -2.22. The fraction of sp³-hybridized carbons (Fsp3) is 0.316. The van der Waals surface area contributed by atoms with Crippen molar-refractivity contribution in [1.82, 2.24) is 14.9 Å². The van der Waals surface area contributed by atoms with Gasteiger partial charge >= 0.3 is 5.63 Å². The predicted octanol–water partition coefficient (Wildman–Crippen LogP) is 2.56. The molecule has 0 radical (unpaired) electrons. The molecule has 0 bridgehead atoms. The van der Waals surface area contributed by atoms with Crippen molar-refractivity contribution in [3.05, 3.63) is 52.5 Å². The summed E-state index contributed by atoms with van der Waals surface area (Å²) in [6.07, 6.45) is 1.73. The number of nitrogens with zero attached hydrogens (tertiary/aromatic N) is 4. The lowest BCUT2D eigenvalue weighted by Crippen LogP contribution is -2.29. The topological polar surface area (TPSA) is 62.5 Å². The molecular formula is C19H22N4O2. The van der Waals surface area contributed by atoms with E-state index >= 15 is 0 Å². The van der Waals surface area contributed by atoms with Gasteiger partial charge in [0.2, 0.25) is 5.89 Å². The Labute approximate surface area is 146 Å². The van der Waals surface area contributed by atoms with Crippen LogP contribution in [0.25, 0.3) is 22.4 Å². The van der Waals surface area contributed by atoms with Gasteiger partial charge in [0, 0.05) is 26.3 Å². The first-order chi connectivity index (χ1) is 12.0. The van der Waals surface area contributed by atoms with Gasteiger partial charge in [0.05, 0.1) is 16.5 Å². The van der Waals surface area contributed by atoms with Crippen LogP contribution in [0.3, 0.4) is 0 Å². The molecule has 2 heterocycles. The van der Waals surface area contributed by atoms with Gasteiger partial charge in [-0.2, -0.15) is 0 Å². The third-order valence-corrected chi connectivity index (χ3v) is 4.13. The second kappa shape index (κ2) is 7.03. The summed E-state index contributed by atoms with van der Waals surface area (Å²) < 4.78 is 5.53. The normalized spacial score (nSPS) is 11.2. The van der Waals surface area contributed by atoms with Crippen LogP contribution in [0, 0.1) is 6.92 Å². The Hall–Kier alpha value is -2.73. The molecule has 0 N–H and O–H groups in total. The van der Waals surface area contributed by atoms with Gasteiger partial charge in [-0.3, -0.25) is 0 Å². The molecule has 0 saturated heterocycles. The molecule has 0 aliphatic heterocycles. The first kappa shape index (κ1) is 17.1. The summed E-state index contributed by atoms with van der Waals surface area (Å²) >= 11 is 0. The number of hydrogen-bond donors (Lipinski definition) is 0. The van der Waals surface area contributed by atoms with Crippen molar-refractivity contribution in [2.45, 2.75) is 6.92 Å². The van der Waals surface area contributed by atoms with Crippen LogP contribution in [-0.4, -0.2) is 49.1 Å². The van der Waals surface area contributed by atoms with Crippen molar-refractivity contribution >= 4 is 16.7 Å². The summed E-state index contributed by atoms with van der Waals surface area (Å²) in [7, 11) is 6.03. The molecule has 0 aliphatic rings. The van der Waals surface area contributed by atoms with Crippen molar-refractivity contribution in [1.29, 1.82) is 0 Å². The number of aromatic nitrogens is 2. The van der Waals surface area contributed by atoms with Gasteiger partial charge in [-0.05, 0) is 44.8 Å². The summed E-state index contributed by atoms with van der Waals surface area (Å²) in [6, 6.07) is 9.29. The quantitative estimate of drug-likeness (QED) is 0.712. The maximum Gasteiger partial charge on any atom is 0.347 e. The number of hydrogen-bond acceptors (Lipinski definition) is 6. The van der Waals surface area contributed by atoms with Crippen LogP contribution in [0.5, 0.6) is 0 Å². The molecule has 0 spiro atoms. The number of fused-ring (bicyclic) bond motifs is 1. The van der Waals surface area contributed by atoms with Crippen molar-refractivity contribution in [3.8, 4) is 11.5 Å². The van der Waals surface area contributed by atoms with Crippen molar-refractivity contribution < 1.29 is 4.42 Å². The van der Waals surface area contributed by atoms with E-state index in [4.69, 9.17) is 4.42 Å². The van der Waals surface area contributed by atoms with Crippen LogP contribution in [0.15, 0.2) is 45.7 Å². The van der Waals surface area contributed by atoms with E-state index in [1.54, 1.807) is 6.20 Å². The average Bonchev–Trinajstić information content (AvgIpc) is 2.59. The summed E-state index contributed by atoms with van der Waals surface area (Å²) in [5, 5.41) is 0.526. The monoisotopic (exact) mass is 338 g/mol. The first-order valence-electron chi connectivity index (χ1n) is 8.19. The molecule has 0 saturated carbocycles. The highest BCUT2D eigenvalue weighted by Gasteiger charge is 2.16. The van der Waals surface area contributed by atoms with Crippen LogP contribution >= 0.6 is 0 Å². The van der Waals surface area contributed by atoms with Gasteiger partial charge in [0.15, 0.2) is 0 Å². The molecule has 2 aromatic heterocycles. The average molecular weight is 338 g/mol. The Morgan fingerprint density at radius 1 is 1.08 bits per heavy atom. The third-order valence-electron chi connectivity index (χ3n) is 4.13. The van der Waals surface area contributed by atoms with Gasteiger partial charge in [-0.1, -0.05) is 12.1 Å². The lowest BCUT2D eigenvalue weighted by atomic mass is 10.1. The van der Waals surface area contributed by atoms with Gasteiger partial charge in [0.1, 0.15) is 5.82 Å². The maximum atomic E-state index is 12.4. The van der Waals surface area contributed by atoms with E-state index in [0.717, 1.165) is 24.5 Å². The molecule has 25 heavy (non-hydrogen) atoms. The molecule has 1 aromatic carbocycles. The van der Waals surface area contributed by atoms with Crippen molar-refractivity contribution in [2.24, 2.45) is 0 Å². The van der Waals surface area contributed by atoms with Gasteiger partial charge in [0.25, 0.3) is 0 Å². The first-order valence-corrected chi connectivity index (χ1v) is 8.19. The van der Waals surface area contributed by atoms with Crippen molar-refractivity contribution in [2.75, 3.05) is 39.1 Å². The fourth-order valence-corrected chi connectivity index (χ4v) is 2.72.